The normalized spacial score (nSPS) is 9.47. The highest BCUT2D eigenvalue weighted by atomic mass is 16.4. The lowest BCUT2D eigenvalue weighted by Crippen LogP contribution is -2.37. The maximum absolute atomic E-state index is 11.6. The topological polar surface area (TPSA) is 93.4 Å². The molecule has 0 radical (unpaired) electrons. The average Bonchev–Trinajstić information content (AvgIpc) is 2.42. The lowest BCUT2D eigenvalue weighted by Gasteiger charge is -2.16. The number of urea groups is 1. The summed E-state index contributed by atoms with van der Waals surface area (Å²) in [4.78, 5) is 23.3. The molecule has 0 unspecified atom stereocenters. The predicted octanol–water partition coefficient (Wildman–Crippen LogP) is 1.17. The Balaban J connectivity index is 2.40. The SMILES string of the molecule is CN(CCC(=O)O)C(=O)NCc1ccc(C#N)cc1. The Kier molecular flexibility index (Phi) is 5.35. The largest absolute Gasteiger partial charge is 0.481 e. The van der Waals surface area contributed by atoms with Crippen LogP contribution in [0, 0.1) is 11.3 Å². The highest BCUT2D eigenvalue weighted by Gasteiger charge is 2.09. The minimum absolute atomic E-state index is 0.0826. The van der Waals surface area contributed by atoms with E-state index in [0.29, 0.717) is 12.1 Å². The van der Waals surface area contributed by atoms with Crippen LogP contribution < -0.4 is 5.32 Å². The van der Waals surface area contributed by atoms with Crippen molar-refractivity contribution in [3.63, 3.8) is 0 Å². The Bertz CT molecular complexity index is 491. The van der Waals surface area contributed by atoms with Crippen LogP contribution in [-0.4, -0.2) is 35.6 Å². The molecule has 0 aliphatic carbocycles. The maximum Gasteiger partial charge on any atom is 0.317 e. The minimum Gasteiger partial charge on any atom is -0.481 e. The Morgan fingerprint density at radius 3 is 2.53 bits per heavy atom. The lowest BCUT2D eigenvalue weighted by molar-refractivity contribution is -0.137. The van der Waals surface area contributed by atoms with Crippen molar-refractivity contribution in [3.8, 4) is 6.07 Å². The van der Waals surface area contributed by atoms with E-state index in [4.69, 9.17) is 10.4 Å². The summed E-state index contributed by atoms with van der Waals surface area (Å²) < 4.78 is 0. The fourth-order valence-corrected chi connectivity index (χ4v) is 1.37. The van der Waals surface area contributed by atoms with E-state index in [0.717, 1.165) is 5.56 Å². The second-order valence-corrected chi connectivity index (χ2v) is 4.03. The van der Waals surface area contributed by atoms with E-state index in [9.17, 15) is 9.59 Å². The smallest absolute Gasteiger partial charge is 0.317 e. The van der Waals surface area contributed by atoms with Crippen LogP contribution in [0.4, 0.5) is 4.79 Å². The first-order valence-electron chi connectivity index (χ1n) is 5.72. The molecule has 19 heavy (non-hydrogen) atoms. The second kappa shape index (κ2) is 7.01. The molecule has 1 aromatic carbocycles. The fourth-order valence-electron chi connectivity index (χ4n) is 1.37. The quantitative estimate of drug-likeness (QED) is 0.832. The van der Waals surface area contributed by atoms with Crippen molar-refractivity contribution >= 4 is 12.0 Å². The van der Waals surface area contributed by atoms with Gasteiger partial charge in [0.1, 0.15) is 0 Å². The summed E-state index contributed by atoms with van der Waals surface area (Å²) in [5.74, 6) is -0.938. The van der Waals surface area contributed by atoms with Crippen molar-refractivity contribution < 1.29 is 14.7 Å². The van der Waals surface area contributed by atoms with Crippen LogP contribution in [0.2, 0.25) is 0 Å². The standard InChI is InChI=1S/C13H15N3O3/c1-16(7-6-12(17)18)13(19)15-9-11-4-2-10(8-14)3-5-11/h2-5H,6-7,9H2,1H3,(H,15,19)(H,17,18). The molecule has 6 heteroatoms. The van der Waals surface area contributed by atoms with Gasteiger partial charge in [0.25, 0.3) is 0 Å². The number of carbonyl (C=O) groups excluding carboxylic acids is 1. The number of nitriles is 1. The summed E-state index contributed by atoms with van der Waals surface area (Å²) in [5, 5.41) is 19.8. The predicted molar refractivity (Wildman–Crippen MR) is 68.3 cm³/mol. The van der Waals surface area contributed by atoms with Gasteiger partial charge >= 0.3 is 12.0 Å². The van der Waals surface area contributed by atoms with E-state index in [1.807, 2.05) is 6.07 Å². The third-order valence-corrected chi connectivity index (χ3v) is 2.53. The van der Waals surface area contributed by atoms with Crippen LogP contribution in [-0.2, 0) is 11.3 Å². The number of amides is 2. The number of hydrogen-bond donors (Lipinski definition) is 2. The number of rotatable bonds is 5. The summed E-state index contributed by atoms with van der Waals surface area (Å²) in [7, 11) is 1.54. The molecule has 0 saturated heterocycles. The van der Waals surface area contributed by atoms with E-state index in [1.165, 1.54) is 11.9 Å². The van der Waals surface area contributed by atoms with Crippen LogP contribution in [0.15, 0.2) is 24.3 Å². The molecule has 1 aromatic rings. The number of carboxylic acids is 1. The van der Waals surface area contributed by atoms with Crippen molar-refractivity contribution in [1.82, 2.24) is 10.2 Å². The van der Waals surface area contributed by atoms with Gasteiger partial charge in [0.2, 0.25) is 0 Å². The summed E-state index contributed by atoms with van der Waals surface area (Å²) in [6.45, 7) is 0.497. The van der Waals surface area contributed by atoms with Gasteiger partial charge in [0.15, 0.2) is 0 Å². The molecule has 2 N–H and O–H groups in total. The van der Waals surface area contributed by atoms with E-state index in [2.05, 4.69) is 5.32 Å². The average molecular weight is 261 g/mol. The van der Waals surface area contributed by atoms with Gasteiger partial charge in [-0.05, 0) is 17.7 Å². The fraction of sp³-hybridized carbons (Fsp3) is 0.308. The molecule has 2 amide bonds. The van der Waals surface area contributed by atoms with Crippen LogP contribution >= 0.6 is 0 Å². The van der Waals surface area contributed by atoms with Crippen LogP contribution in [0.25, 0.3) is 0 Å². The molecule has 0 fully saturated rings. The zero-order valence-corrected chi connectivity index (χ0v) is 10.6. The molecule has 0 heterocycles. The summed E-state index contributed by atoms with van der Waals surface area (Å²) in [6.07, 6.45) is -0.0826. The van der Waals surface area contributed by atoms with Gasteiger partial charge in [0, 0.05) is 20.1 Å². The van der Waals surface area contributed by atoms with Crippen LogP contribution in [0.5, 0.6) is 0 Å². The molecule has 0 aliphatic rings. The molecular formula is C13H15N3O3. The van der Waals surface area contributed by atoms with E-state index in [1.54, 1.807) is 24.3 Å². The Morgan fingerprint density at radius 2 is 2.00 bits per heavy atom. The molecule has 0 aromatic heterocycles. The van der Waals surface area contributed by atoms with Crippen molar-refractivity contribution in [3.05, 3.63) is 35.4 Å². The zero-order chi connectivity index (χ0) is 14.3. The highest BCUT2D eigenvalue weighted by Crippen LogP contribution is 2.03. The van der Waals surface area contributed by atoms with Gasteiger partial charge in [-0.25, -0.2) is 4.79 Å². The second-order valence-electron chi connectivity index (χ2n) is 4.03. The number of nitrogens with zero attached hydrogens (tertiary/aromatic N) is 2. The van der Waals surface area contributed by atoms with E-state index >= 15 is 0 Å². The molecular weight excluding hydrogens is 246 g/mol. The molecule has 0 atom stereocenters. The van der Waals surface area contributed by atoms with Crippen molar-refractivity contribution in [2.75, 3.05) is 13.6 Å². The number of aliphatic carboxylic acids is 1. The molecule has 0 saturated carbocycles. The Morgan fingerprint density at radius 1 is 1.37 bits per heavy atom. The van der Waals surface area contributed by atoms with E-state index in [-0.39, 0.29) is 19.0 Å². The first-order valence-corrected chi connectivity index (χ1v) is 5.72. The first-order chi connectivity index (χ1) is 9.02. The number of hydrogen-bond acceptors (Lipinski definition) is 3. The molecule has 0 bridgehead atoms. The van der Waals surface area contributed by atoms with Crippen LogP contribution in [0.3, 0.4) is 0 Å². The van der Waals surface area contributed by atoms with Crippen LogP contribution in [0.1, 0.15) is 17.5 Å². The first kappa shape index (κ1) is 14.5. The molecule has 100 valence electrons. The minimum atomic E-state index is -0.938. The molecule has 0 spiro atoms. The van der Waals surface area contributed by atoms with Gasteiger partial charge in [-0.1, -0.05) is 12.1 Å². The van der Waals surface area contributed by atoms with Crippen molar-refractivity contribution in [1.29, 1.82) is 5.26 Å². The van der Waals surface area contributed by atoms with E-state index < -0.39 is 5.97 Å². The molecule has 0 aliphatic heterocycles. The van der Waals surface area contributed by atoms with Gasteiger partial charge in [-0.15, -0.1) is 0 Å². The monoisotopic (exact) mass is 261 g/mol. The summed E-state index contributed by atoms with van der Waals surface area (Å²) in [6, 6.07) is 8.56. The van der Waals surface area contributed by atoms with Gasteiger partial charge in [-0.2, -0.15) is 5.26 Å². The van der Waals surface area contributed by atoms with Gasteiger partial charge in [0.05, 0.1) is 18.1 Å². The highest BCUT2D eigenvalue weighted by molar-refractivity contribution is 5.75. The zero-order valence-electron chi connectivity index (χ0n) is 10.6. The number of carbonyl (C=O) groups is 2. The number of carboxylic acid groups (broad SMARTS) is 1. The number of benzene rings is 1. The number of nitrogens with one attached hydrogen (secondary N) is 1. The molecule has 1 rings (SSSR count). The summed E-state index contributed by atoms with van der Waals surface area (Å²) >= 11 is 0. The third-order valence-electron chi connectivity index (χ3n) is 2.53. The van der Waals surface area contributed by atoms with Crippen molar-refractivity contribution in [2.45, 2.75) is 13.0 Å². The lowest BCUT2D eigenvalue weighted by atomic mass is 10.1. The van der Waals surface area contributed by atoms with Gasteiger partial charge < -0.3 is 15.3 Å². The summed E-state index contributed by atoms with van der Waals surface area (Å²) in [5.41, 5.74) is 1.44. The molecule has 6 nitrogen and oxygen atoms in total. The maximum atomic E-state index is 11.6. The third kappa shape index (κ3) is 5.08. The Hall–Kier alpha value is -2.55. The van der Waals surface area contributed by atoms with Gasteiger partial charge in [-0.3, -0.25) is 4.79 Å². The van der Waals surface area contributed by atoms with Crippen molar-refractivity contribution in [2.24, 2.45) is 0 Å². The Labute approximate surface area is 111 Å².